The minimum atomic E-state index is 0.450. The van der Waals surface area contributed by atoms with Crippen molar-refractivity contribution in [3.63, 3.8) is 0 Å². The molecule has 0 radical (unpaired) electrons. The molecule has 2 heteroatoms. The van der Waals surface area contributed by atoms with E-state index in [1.54, 1.807) is 0 Å². The summed E-state index contributed by atoms with van der Waals surface area (Å²) in [6.45, 7) is 10.3. The zero-order valence-corrected chi connectivity index (χ0v) is 14.2. The van der Waals surface area contributed by atoms with Gasteiger partial charge in [0.2, 0.25) is 0 Å². The van der Waals surface area contributed by atoms with Crippen molar-refractivity contribution in [3.8, 4) is 0 Å². The molecule has 1 aromatic rings. The van der Waals surface area contributed by atoms with E-state index in [1.807, 2.05) is 0 Å². The van der Waals surface area contributed by atoms with Crippen LogP contribution in [0.1, 0.15) is 58.6 Å². The molecule has 0 heterocycles. The van der Waals surface area contributed by atoms with Gasteiger partial charge in [-0.1, -0.05) is 32.9 Å². The second-order valence-electron chi connectivity index (χ2n) is 6.36. The fraction of sp³-hybridized carbons (Fsp3) is 0.667. The molecule has 4 unspecified atom stereocenters. The van der Waals surface area contributed by atoms with E-state index >= 15 is 0 Å². The minimum absolute atomic E-state index is 0.450. The molecule has 112 valence electrons. The van der Waals surface area contributed by atoms with Crippen molar-refractivity contribution in [2.75, 3.05) is 6.54 Å². The Labute approximate surface area is 128 Å². The van der Waals surface area contributed by atoms with E-state index in [1.165, 1.54) is 29.7 Å². The van der Waals surface area contributed by atoms with Crippen LogP contribution in [0.2, 0.25) is 0 Å². The van der Waals surface area contributed by atoms with Crippen molar-refractivity contribution in [2.24, 2.45) is 11.8 Å². The zero-order chi connectivity index (χ0) is 14.5. The fourth-order valence-electron chi connectivity index (χ4n) is 3.08. The van der Waals surface area contributed by atoms with Gasteiger partial charge in [0.25, 0.3) is 0 Å². The van der Waals surface area contributed by atoms with E-state index in [-0.39, 0.29) is 0 Å². The molecule has 0 amide bonds. The number of hydrogen-bond donors (Lipinski definition) is 1. The summed E-state index contributed by atoms with van der Waals surface area (Å²) >= 11 is 2.09. The largest absolute Gasteiger partial charge is 0.310 e. The smallest absolute Gasteiger partial charge is 0.0292 e. The molecule has 2 rings (SSSR count). The highest BCUT2D eigenvalue weighted by molar-refractivity contribution is 8.00. The molecule has 1 saturated carbocycles. The molecule has 20 heavy (non-hydrogen) atoms. The lowest BCUT2D eigenvalue weighted by Crippen LogP contribution is -2.22. The summed E-state index contributed by atoms with van der Waals surface area (Å²) in [5.74, 6) is 1.79. The summed E-state index contributed by atoms with van der Waals surface area (Å²) in [6, 6.07) is 9.55. The maximum Gasteiger partial charge on any atom is 0.0292 e. The Hall–Kier alpha value is -0.470. The highest BCUT2D eigenvalue weighted by atomic mass is 32.2. The monoisotopic (exact) mass is 291 g/mol. The minimum Gasteiger partial charge on any atom is -0.310 e. The molecule has 0 bridgehead atoms. The lowest BCUT2D eigenvalue weighted by molar-refractivity contribution is 0.283. The number of hydrogen-bond acceptors (Lipinski definition) is 2. The maximum absolute atomic E-state index is 3.50. The van der Waals surface area contributed by atoms with Crippen LogP contribution in [0.25, 0.3) is 0 Å². The van der Waals surface area contributed by atoms with Gasteiger partial charge in [-0.15, -0.1) is 11.8 Å². The van der Waals surface area contributed by atoms with Gasteiger partial charge < -0.3 is 5.32 Å². The highest BCUT2D eigenvalue weighted by Crippen LogP contribution is 2.39. The Morgan fingerprint density at radius 2 is 2.05 bits per heavy atom. The van der Waals surface area contributed by atoms with Crippen molar-refractivity contribution in [3.05, 3.63) is 29.8 Å². The molecule has 4 atom stereocenters. The molecular weight excluding hydrogens is 262 g/mol. The maximum atomic E-state index is 3.50. The Morgan fingerprint density at radius 3 is 2.75 bits per heavy atom. The number of benzene rings is 1. The third-order valence-electron chi connectivity index (χ3n) is 4.72. The molecule has 0 spiro atoms. The van der Waals surface area contributed by atoms with Crippen LogP contribution >= 0.6 is 11.8 Å². The van der Waals surface area contributed by atoms with Crippen LogP contribution in [-0.2, 0) is 0 Å². The van der Waals surface area contributed by atoms with Crippen molar-refractivity contribution < 1.29 is 0 Å². The average molecular weight is 292 g/mol. The first-order valence-corrected chi connectivity index (χ1v) is 8.98. The third kappa shape index (κ3) is 4.26. The molecule has 1 nitrogen and oxygen atoms in total. The van der Waals surface area contributed by atoms with Gasteiger partial charge in [-0.3, -0.25) is 0 Å². The number of thioether (sulfide) groups is 1. The Kier molecular flexibility index (Phi) is 5.98. The van der Waals surface area contributed by atoms with E-state index in [4.69, 9.17) is 0 Å². The molecule has 1 aliphatic carbocycles. The van der Waals surface area contributed by atoms with Gasteiger partial charge in [0.15, 0.2) is 0 Å². The Bertz CT molecular complexity index is 418. The molecule has 1 N–H and O–H groups in total. The van der Waals surface area contributed by atoms with Gasteiger partial charge in [-0.25, -0.2) is 0 Å². The zero-order valence-electron chi connectivity index (χ0n) is 13.4. The third-order valence-corrected chi connectivity index (χ3v) is 6.01. The molecule has 1 fully saturated rings. The molecular formula is C18H29NS. The van der Waals surface area contributed by atoms with Crippen LogP contribution in [0.3, 0.4) is 0 Å². The molecule has 0 aliphatic heterocycles. The lowest BCUT2D eigenvalue weighted by Gasteiger charge is -2.31. The van der Waals surface area contributed by atoms with Crippen LogP contribution in [0.15, 0.2) is 29.2 Å². The van der Waals surface area contributed by atoms with Crippen LogP contribution in [0.4, 0.5) is 0 Å². The SMILES string of the molecule is CCNC(C)c1cccc(SC2CCC(C)C(C)C2)c1. The first kappa shape index (κ1) is 15.9. The van der Waals surface area contributed by atoms with Crippen molar-refractivity contribution in [2.45, 2.75) is 63.1 Å². The Morgan fingerprint density at radius 1 is 1.25 bits per heavy atom. The summed E-state index contributed by atoms with van der Waals surface area (Å²) in [4.78, 5) is 1.44. The predicted octanol–water partition coefficient (Wildman–Crippen LogP) is 5.27. The van der Waals surface area contributed by atoms with Gasteiger partial charge >= 0.3 is 0 Å². The molecule has 1 aromatic carbocycles. The summed E-state index contributed by atoms with van der Waals surface area (Å²) in [5.41, 5.74) is 1.41. The fourth-order valence-corrected chi connectivity index (χ4v) is 4.48. The van der Waals surface area contributed by atoms with E-state index in [0.717, 1.165) is 23.6 Å². The van der Waals surface area contributed by atoms with E-state index in [0.29, 0.717) is 6.04 Å². The quantitative estimate of drug-likeness (QED) is 0.792. The van der Waals surface area contributed by atoms with Crippen LogP contribution in [-0.4, -0.2) is 11.8 Å². The van der Waals surface area contributed by atoms with Crippen LogP contribution in [0.5, 0.6) is 0 Å². The van der Waals surface area contributed by atoms with E-state index in [9.17, 15) is 0 Å². The van der Waals surface area contributed by atoms with Crippen molar-refractivity contribution in [1.82, 2.24) is 5.32 Å². The topological polar surface area (TPSA) is 12.0 Å². The van der Waals surface area contributed by atoms with Gasteiger partial charge in [0.05, 0.1) is 0 Å². The predicted molar refractivity (Wildman–Crippen MR) is 90.4 cm³/mol. The number of rotatable bonds is 5. The van der Waals surface area contributed by atoms with Crippen molar-refractivity contribution in [1.29, 1.82) is 0 Å². The molecule has 0 aromatic heterocycles. The molecule has 1 aliphatic rings. The summed E-state index contributed by atoms with van der Waals surface area (Å²) in [5, 5.41) is 4.31. The van der Waals surface area contributed by atoms with Gasteiger partial charge in [-0.2, -0.15) is 0 Å². The van der Waals surface area contributed by atoms with Gasteiger partial charge in [0.1, 0.15) is 0 Å². The van der Waals surface area contributed by atoms with Crippen LogP contribution in [0, 0.1) is 11.8 Å². The molecule has 0 saturated heterocycles. The van der Waals surface area contributed by atoms with Crippen molar-refractivity contribution >= 4 is 11.8 Å². The van der Waals surface area contributed by atoms with Crippen LogP contribution < -0.4 is 5.32 Å². The first-order valence-electron chi connectivity index (χ1n) is 8.10. The average Bonchev–Trinajstić information content (AvgIpc) is 2.43. The number of nitrogens with one attached hydrogen (secondary N) is 1. The lowest BCUT2D eigenvalue weighted by atomic mass is 9.81. The summed E-state index contributed by atoms with van der Waals surface area (Å²) < 4.78 is 0. The van der Waals surface area contributed by atoms with Gasteiger partial charge in [0, 0.05) is 16.2 Å². The second kappa shape index (κ2) is 7.51. The van der Waals surface area contributed by atoms with Gasteiger partial charge in [-0.05, 0) is 62.3 Å². The summed E-state index contributed by atoms with van der Waals surface area (Å²) in [6.07, 6.45) is 4.15. The second-order valence-corrected chi connectivity index (χ2v) is 7.73. The van der Waals surface area contributed by atoms with E-state index < -0.39 is 0 Å². The standard InChI is InChI=1S/C18H29NS/c1-5-19-15(4)16-7-6-8-17(12-16)20-18-10-9-13(2)14(3)11-18/h6-8,12-15,18-19H,5,9-11H2,1-4H3. The highest BCUT2D eigenvalue weighted by Gasteiger charge is 2.25. The Balaban J connectivity index is 1.97. The van der Waals surface area contributed by atoms with E-state index in [2.05, 4.69) is 69.0 Å². The first-order chi connectivity index (χ1) is 9.60. The normalized spacial score (nSPS) is 28.3. The summed E-state index contributed by atoms with van der Waals surface area (Å²) in [7, 11) is 0.